The van der Waals surface area contributed by atoms with Gasteiger partial charge < -0.3 is 10.1 Å². The van der Waals surface area contributed by atoms with Crippen molar-refractivity contribution in [2.24, 2.45) is 0 Å². The lowest BCUT2D eigenvalue weighted by molar-refractivity contribution is 0.359. The summed E-state index contributed by atoms with van der Waals surface area (Å²) in [7, 11) is 1.86. The van der Waals surface area contributed by atoms with Crippen molar-refractivity contribution in [3.05, 3.63) is 34.8 Å². The number of ether oxygens (including phenoxy) is 1. The van der Waals surface area contributed by atoms with Crippen LogP contribution in [0.2, 0.25) is 0 Å². The van der Waals surface area contributed by atoms with E-state index in [1.165, 1.54) is 5.54 Å². The van der Waals surface area contributed by atoms with Crippen LogP contribution in [-0.2, 0) is 0 Å². The Balaban J connectivity index is 2.52. The van der Waals surface area contributed by atoms with E-state index < -0.39 is 0 Å². The molecule has 0 aliphatic rings. The van der Waals surface area contributed by atoms with Crippen LogP contribution in [-0.4, -0.2) is 13.7 Å². The summed E-state index contributed by atoms with van der Waals surface area (Å²) in [5, 5.41) is 3.49. The fourth-order valence-corrected chi connectivity index (χ4v) is 1.02. The van der Waals surface area contributed by atoms with E-state index in [1.54, 1.807) is 0 Å². The Hall–Kier alpha value is -0.860. The topological polar surface area (TPSA) is 21.3 Å². The monoisotopic (exact) mass is 231 g/mol. The fraction of sp³-hybridized carbons (Fsp3) is 0.200. The second-order valence-electron chi connectivity index (χ2n) is 2.62. The number of anilines is 1. The highest BCUT2D eigenvalue weighted by molar-refractivity contribution is 6.36. The van der Waals surface area contributed by atoms with Gasteiger partial charge in [-0.3, -0.25) is 0 Å². The minimum absolute atomic E-state index is 0.296. The van der Waals surface area contributed by atoms with Crippen LogP contribution >= 0.6 is 23.2 Å². The maximum Gasteiger partial charge on any atom is 0.125 e. The van der Waals surface area contributed by atoms with Crippen molar-refractivity contribution in [1.29, 1.82) is 0 Å². The Morgan fingerprint density at radius 1 is 1.43 bits per heavy atom. The molecule has 2 nitrogen and oxygen atoms in total. The molecular formula is C10H11Cl2NO. The zero-order chi connectivity index (χ0) is 10.4. The van der Waals surface area contributed by atoms with Gasteiger partial charge in [0.05, 0.1) is 5.03 Å². The van der Waals surface area contributed by atoms with Gasteiger partial charge in [-0.2, -0.15) is 0 Å². The summed E-state index contributed by atoms with van der Waals surface area (Å²) in [5.41, 5.74) is 2.33. The number of rotatable bonds is 4. The highest BCUT2D eigenvalue weighted by Crippen LogP contribution is 2.16. The highest BCUT2D eigenvalue weighted by atomic mass is 35.5. The van der Waals surface area contributed by atoms with E-state index >= 15 is 0 Å². The summed E-state index contributed by atoms with van der Waals surface area (Å²) in [6, 6.07) is 7.58. The minimum atomic E-state index is 0.296. The normalized spacial score (nSPS) is 11.2. The molecule has 0 spiro atoms. The molecule has 0 radical (unpaired) electrons. The summed E-state index contributed by atoms with van der Waals surface area (Å²) in [4.78, 5) is 0. The van der Waals surface area contributed by atoms with Crippen molar-refractivity contribution in [1.82, 2.24) is 0 Å². The molecule has 1 aromatic rings. The van der Waals surface area contributed by atoms with Gasteiger partial charge in [0.1, 0.15) is 12.4 Å². The van der Waals surface area contributed by atoms with Crippen molar-refractivity contribution < 1.29 is 4.74 Å². The maximum atomic E-state index is 5.67. The largest absolute Gasteiger partial charge is 0.488 e. The average molecular weight is 232 g/mol. The van der Waals surface area contributed by atoms with E-state index in [1.807, 2.05) is 31.3 Å². The van der Waals surface area contributed by atoms with Gasteiger partial charge in [-0.1, -0.05) is 23.2 Å². The van der Waals surface area contributed by atoms with Gasteiger partial charge in [0.2, 0.25) is 0 Å². The first-order valence-corrected chi connectivity index (χ1v) is 4.93. The standard InChI is InChI=1S/C10H11Cl2NO/c1-13-9-2-4-10(5-3-9)14-7-8(12)6-11/h2-6,13H,7H2,1H3/b8-6-. The first kappa shape index (κ1) is 11.2. The second kappa shape index (κ2) is 5.78. The molecule has 0 amide bonds. The van der Waals surface area contributed by atoms with Crippen LogP contribution in [0.5, 0.6) is 5.75 Å². The Kier molecular flexibility index (Phi) is 4.63. The molecular weight excluding hydrogens is 221 g/mol. The molecule has 14 heavy (non-hydrogen) atoms. The highest BCUT2D eigenvalue weighted by Gasteiger charge is 1.95. The molecule has 0 aliphatic carbocycles. The zero-order valence-corrected chi connectivity index (χ0v) is 9.27. The van der Waals surface area contributed by atoms with Crippen LogP contribution in [0.25, 0.3) is 0 Å². The predicted octanol–water partition coefficient (Wildman–Crippen LogP) is 3.43. The number of nitrogens with one attached hydrogen (secondary N) is 1. The van der Waals surface area contributed by atoms with Crippen molar-refractivity contribution in [3.63, 3.8) is 0 Å². The van der Waals surface area contributed by atoms with Crippen LogP contribution in [0.4, 0.5) is 5.69 Å². The quantitative estimate of drug-likeness (QED) is 0.858. The molecule has 0 heterocycles. The summed E-state index contributed by atoms with van der Waals surface area (Å²) < 4.78 is 5.35. The Morgan fingerprint density at radius 2 is 2.07 bits per heavy atom. The van der Waals surface area contributed by atoms with E-state index in [0.29, 0.717) is 11.6 Å². The van der Waals surface area contributed by atoms with Gasteiger partial charge in [0, 0.05) is 18.3 Å². The van der Waals surface area contributed by atoms with Crippen LogP contribution in [0, 0.1) is 0 Å². The molecule has 4 heteroatoms. The summed E-state index contributed by atoms with van der Waals surface area (Å²) >= 11 is 11.0. The van der Waals surface area contributed by atoms with E-state index in [4.69, 9.17) is 27.9 Å². The van der Waals surface area contributed by atoms with E-state index in [0.717, 1.165) is 11.4 Å². The number of halogens is 2. The molecule has 1 aromatic carbocycles. The zero-order valence-electron chi connectivity index (χ0n) is 7.76. The SMILES string of the molecule is CNc1ccc(OC/C(Cl)=C/Cl)cc1. The summed E-state index contributed by atoms with van der Waals surface area (Å²) in [5.74, 6) is 0.765. The van der Waals surface area contributed by atoms with Gasteiger partial charge in [-0.15, -0.1) is 0 Å². The van der Waals surface area contributed by atoms with E-state index in [9.17, 15) is 0 Å². The molecule has 0 unspecified atom stereocenters. The van der Waals surface area contributed by atoms with Gasteiger partial charge in [0.15, 0.2) is 0 Å². The van der Waals surface area contributed by atoms with E-state index in [-0.39, 0.29) is 0 Å². The molecule has 0 atom stereocenters. The van der Waals surface area contributed by atoms with Crippen molar-refractivity contribution in [2.75, 3.05) is 19.0 Å². The molecule has 0 saturated carbocycles. The first-order valence-electron chi connectivity index (χ1n) is 4.11. The number of benzene rings is 1. The predicted molar refractivity (Wildman–Crippen MR) is 61.3 cm³/mol. The Morgan fingerprint density at radius 3 is 2.57 bits per heavy atom. The second-order valence-corrected chi connectivity index (χ2v) is 3.32. The molecule has 0 saturated heterocycles. The molecule has 0 aromatic heterocycles. The van der Waals surface area contributed by atoms with Crippen molar-refractivity contribution in [2.45, 2.75) is 0 Å². The third-order valence-electron chi connectivity index (χ3n) is 1.64. The molecule has 0 fully saturated rings. The Bertz CT molecular complexity index is 308. The van der Waals surface area contributed by atoms with Crippen LogP contribution in [0.15, 0.2) is 34.8 Å². The molecule has 1 N–H and O–H groups in total. The Labute approximate surface area is 93.5 Å². The molecule has 0 aliphatic heterocycles. The molecule has 1 rings (SSSR count). The van der Waals surface area contributed by atoms with Crippen LogP contribution in [0.3, 0.4) is 0 Å². The lowest BCUT2D eigenvalue weighted by atomic mass is 10.3. The minimum Gasteiger partial charge on any atom is -0.488 e. The fourth-order valence-electron chi connectivity index (χ4n) is 0.902. The molecule has 0 bridgehead atoms. The third-order valence-corrected chi connectivity index (χ3v) is 2.23. The number of hydrogen-bond acceptors (Lipinski definition) is 2. The van der Waals surface area contributed by atoms with Gasteiger partial charge >= 0.3 is 0 Å². The average Bonchev–Trinajstić information content (AvgIpc) is 2.26. The first-order chi connectivity index (χ1) is 6.76. The maximum absolute atomic E-state index is 5.67. The van der Waals surface area contributed by atoms with Gasteiger partial charge in [0.25, 0.3) is 0 Å². The third kappa shape index (κ3) is 3.48. The lowest BCUT2D eigenvalue weighted by Crippen LogP contribution is -1.96. The summed E-state index contributed by atoms with van der Waals surface area (Å²) in [6.45, 7) is 0.296. The summed E-state index contributed by atoms with van der Waals surface area (Å²) in [6.07, 6.45) is 0. The van der Waals surface area contributed by atoms with Gasteiger partial charge in [-0.25, -0.2) is 0 Å². The smallest absolute Gasteiger partial charge is 0.125 e. The number of hydrogen-bond donors (Lipinski definition) is 1. The lowest BCUT2D eigenvalue weighted by Gasteiger charge is -2.05. The van der Waals surface area contributed by atoms with Crippen LogP contribution in [0.1, 0.15) is 0 Å². The van der Waals surface area contributed by atoms with Gasteiger partial charge in [-0.05, 0) is 24.3 Å². The molecule has 76 valence electrons. The van der Waals surface area contributed by atoms with Crippen LogP contribution < -0.4 is 10.1 Å². The van der Waals surface area contributed by atoms with E-state index in [2.05, 4.69) is 5.32 Å². The van der Waals surface area contributed by atoms with Crippen molar-refractivity contribution >= 4 is 28.9 Å². The van der Waals surface area contributed by atoms with Crippen molar-refractivity contribution in [3.8, 4) is 5.75 Å².